The van der Waals surface area contributed by atoms with Gasteiger partial charge in [-0.3, -0.25) is 4.98 Å². The molecule has 23 heavy (non-hydrogen) atoms. The predicted octanol–water partition coefficient (Wildman–Crippen LogP) is 3.84. The zero-order chi connectivity index (χ0) is 16.4. The molecule has 0 aliphatic rings. The van der Waals surface area contributed by atoms with Crippen LogP contribution in [0.4, 0.5) is 10.1 Å². The van der Waals surface area contributed by atoms with Gasteiger partial charge in [0, 0.05) is 29.2 Å². The van der Waals surface area contributed by atoms with Crippen LogP contribution in [0.2, 0.25) is 0 Å². The molecule has 0 aliphatic heterocycles. The lowest BCUT2D eigenvalue weighted by Crippen LogP contribution is -1.97. The Morgan fingerprint density at radius 3 is 2.74 bits per heavy atom. The van der Waals surface area contributed by atoms with Gasteiger partial charge in [0.2, 0.25) is 0 Å². The fourth-order valence-electron chi connectivity index (χ4n) is 2.39. The van der Waals surface area contributed by atoms with E-state index in [2.05, 4.69) is 9.97 Å². The molecule has 0 bridgehead atoms. The van der Waals surface area contributed by atoms with Crippen molar-refractivity contribution in [3.8, 4) is 22.5 Å². The molecule has 3 rings (SSSR count). The van der Waals surface area contributed by atoms with Gasteiger partial charge in [0.25, 0.3) is 0 Å². The van der Waals surface area contributed by atoms with Crippen molar-refractivity contribution in [1.82, 2.24) is 9.97 Å². The van der Waals surface area contributed by atoms with Gasteiger partial charge in [0.15, 0.2) is 0 Å². The Hall–Kier alpha value is -3.08. The smallest absolute Gasteiger partial charge is 0.144 e. The third-order valence-corrected chi connectivity index (χ3v) is 3.62. The maximum Gasteiger partial charge on any atom is 0.144 e. The number of hydrogen-bond acceptors (Lipinski definition) is 4. The first-order chi connectivity index (χ1) is 11.1. The zero-order valence-electron chi connectivity index (χ0n) is 12.5. The molecule has 0 spiro atoms. The highest BCUT2D eigenvalue weighted by molar-refractivity contribution is 5.89. The Kier molecular flexibility index (Phi) is 3.85. The molecular formula is C18H15FN4. The van der Waals surface area contributed by atoms with E-state index in [-0.39, 0.29) is 5.82 Å². The molecule has 0 amide bonds. The van der Waals surface area contributed by atoms with Crippen LogP contribution >= 0.6 is 0 Å². The highest BCUT2D eigenvalue weighted by Crippen LogP contribution is 2.31. The van der Waals surface area contributed by atoms with Crippen LogP contribution in [0.25, 0.3) is 22.5 Å². The average Bonchev–Trinajstić information content (AvgIpc) is 2.58. The second kappa shape index (κ2) is 5.96. The summed E-state index contributed by atoms with van der Waals surface area (Å²) in [5, 5.41) is 7.44. The van der Waals surface area contributed by atoms with Crippen LogP contribution in [0.3, 0.4) is 0 Å². The van der Waals surface area contributed by atoms with Crippen molar-refractivity contribution >= 4 is 11.9 Å². The minimum absolute atomic E-state index is 0.330. The van der Waals surface area contributed by atoms with E-state index in [0.29, 0.717) is 28.3 Å². The molecule has 4 nitrogen and oxygen atoms in total. The van der Waals surface area contributed by atoms with Crippen LogP contribution in [-0.4, -0.2) is 16.2 Å². The topological polar surface area (TPSA) is 75.7 Å². The van der Waals surface area contributed by atoms with Crippen LogP contribution in [0.15, 0.2) is 48.7 Å². The van der Waals surface area contributed by atoms with Gasteiger partial charge in [-0.2, -0.15) is 0 Å². The molecule has 3 N–H and O–H groups in total. The van der Waals surface area contributed by atoms with Gasteiger partial charge in [-0.15, -0.1) is 0 Å². The summed E-state index contributed by atoms with van der Waals surface area (Å²) in [5.74, 6) is -0.343. The van der Waals surface area contributed by atoms with Gasteiger partial charge in [-0.25, -0.2) is 9.37 Å². The number of pyridine rings is 2. The predicted molar refractivity (Wildman–Crippen MR) is 89.9 cm³/mol. The largest absolute Gasteiger partial charge is 0.398 e. The molecule has 2 heterocycles. The number of benzene rings is 1. The SMILES string of the molecule is Cc1nc(-c2ncccc2-c2ccc(N)c(C=N)c2)ccc1F. The Labute approximate surface area is 133 Å². The molecule has 1 aromatic carbocycles. The van der Waals surface area contributed by atoms with Crippen molar-refractivity contribution in [2.24, 2.45) is 0 Å². The number of hydrogen-bond donors (Lipinski definition) is 2. The third-order valence-electron chi connectivity index (χ3n) is 3.62. The van der Waals surface area contributed by atoms with E-state index in [1.807, 2.05) is 24.3 Å². The highest BCUT2D eigenvalue weighted by Gasteiger charge is 2.12. The lowest BCUT2D eigenvalue weighted by Gasteiger charge is -2.10. The van der Waals surface area contributed by atoms with Crippen molar-refractivity contribution in [2.45, 2.75) is 6.92 Å². The first-order valence-electron chi connectivity index (χ1n) is 7.09. The minimum atomic E-state index is -0.343. The number of nitrogens with zero attached hydrogens (tertiary/aromatic N) is 2. The van der Waals surface area contributed by atoms with Gasteiger partial charge in [-0.1, -0.05) is 12.1 Å². The van der Waals surface area contributed by atoms with E-state index < -0.39 is 0 Å². The van der Waals surface area contributed by atoms with Crippen molar-refractivity contribution < 1.29 is 4.39 Å². The summed E-state index contributed by atoms with van der Waals surface area (Å²) < 4.78 is 13.5. The Morgan fingerprint density at radius 2 is 2.00 bits per heavy atom. The number of nitrogen functional groups attached to an aromatic ring is 1. The molecule has 0 saturated heterocycles. The minimum Gasteiger partial charge on any atom is -0.398 e. The van der Waals surface area contributed by atoms with Crippen molar-refractivity contribution in [2.75, 3.05) is 5.73 Å². The van der Waals surface area contributed by atoms with Crippen LogP contribution in [0, 0.1) is 18.2 Å². The number of rotatable bonds is 3. The van der Waals surface area contributed by atoms with Gasteiger partial charge in [-0.05, 0) is 42.8 Å². The number of aromatic nitrogens is 2. The second-order valence-electron chi connectivity index (χ2n) is 5.15. The Morgan fingerprint density at radius 1 is 1.17 bits per heavy atom. The van der Waals surface area contributed by atoms with E-state index >= 15 is 0 Å². The van der Waals surface area contributed by atoms with E-state index in [0.717, 1.165) is 11.1 Å². The summed E-state index contributed by atoms with van der Waals surface area (Å²) in [6.07, 6.45) is 2.89. The molecule has 0 radical (unpaired) electrons. The molecule has 5 heteroatoms. The highest BCUT2D eigenvalue weighted by atomic mass is 19.1. The fourth-order valence-corrected chi connectivity index (χ4v) is 2.39. The van der Waals surface area contributed by atoms with E-state index in [1.165, 1.54) is 12.3 Å². The molecule has 3 aromatic rings. The quantitative estimate of drug-likeness (QED) is 0.570. The third kappa shape index (κ3) is 2.81. The van der Waals surface area contributed by atoms with E-state index in [4.69, 9.17) is 11.1 Å². The number of nitrogens with two attached hydrogens (primary N) is 1. The fraction of sp³-hybridized carbons (Fsp3) is 0.0556. The normalized spacial score (nSPS) is 10.5. The van der Waals surface area contributed by atoms with Gasteiger partial charge < -0.3 is 11.1 Å². The molecule has 0 saturated carbocycles. The summed E-state index contributed by atoms with van der Waals surface area (Å²) in [4.78, 5) is 8.68. The Balaban J connectivity index is 2.18. The van der Waals surface area contributed by atoms with Crippen LogP contribution in [0.1, 0.15) is 11.3 Å². The summed E-state index contributed by atoms with van der Waals surface area (Å²) >= 11 is 0. The standard InChI is InChI=1S/C18H15FN4/c1-11-15(19)5-7-17(23-11)18-14(3-2-8-22-18)12-4-6-16(21)13(9-12)10-20/h2-10,20H,21H2,1H3. The van der Waals surface area contributed by atoms with Gasteiger partial charge in [0.1, 0.15) is 5.82 Å². The maximum absolute atomic E-state index is 13.5. The molecular weight excluding hydrogens is 291 g/mol. The molecule has 0 atom stereocenters. The van der Waals surface area contributed by atoms with Crippen molar-refractivity contribution in [3.05, 3.63) is 65.7 Å². The first kappa shape index (κ1) is 14.8. The maximum atomic E-state index is 13.5. The van der Waals surface area contributed by atoms with Crippen molar-refractivity contribution in [3.63, 3.8) is 0 Å². The van der Waals surface area contributed by atoms with Crippen LogP contribution < -0.4 is 5.73 Å². The first-order valence-corrected chi connectivity index (χ1v) is 7.09. The second-order valence-corrected chi connectivity index (χ2v) is 5.15. The van der Waals surface area contributed by atoms with Crippen LogP contribution in [-0.2, 0) is 0 Å². The summed E-state index contributed by atoms with van der Waals surface area (Å²) in [7, 11) is 0. The number of halogens is 1. The average molecular weight is 306 g/mol. The molecule has 2 aromatic heterocycles. The number of anilines is 1. The molecule has 114 valence electrons. The van der Waals surface area contributed by atoms with E-state index in [1.54, 1.807) is 25.3 Å². The Bertz CT molecular complexity index is 890. The monoisotopic (exact) mass is 306 g/mol. The molecule has 0 fully saturated rings. The zero-order valence-corrected chi connectivity index (χ0v) is 12.5. The summed E-state index contributed by atoms with van der Waals surface area (Å²) in [5.41, 5.74) is 10.4. The summed E-state index contributed by atoms with van der Waals surface area (Å²) in [6, 6.07) is 12.2. The summed E-state index contributed by atoms with van der Waals surface area (Å²) in [6.45, 7) is 1.62. The number of nitrogens with one attached hydrogen (secondary N) is 1. The van der Waals surface area contributed by atoms with Crippen LogP contribution in [0.5, 0.6) is 0 Å². The van der Waals surface area contributed by atoms with Gasteiger partial charge in [0.05, 0.1) is 17.1 Å². The van der Waals surface area contributed by atoms with E-state index in [9.17, 15) is 4.39 Å². The number of aryl methyl sites for hydroxylation is 1. The molecule has 0 unspecified atom stereocenters. The van der Waals surface area contributed by atoms with Crippen molar-refractivity contribution in [1.29, 1.82) is 5.41 Å². The molecule has 0 aliphatic carbocycles. The van der Waals surface area contributed by atoms with Gasteiger partial charge >= 0.3 is 0 Å². The lowest BCUT2D eigenvalue weighted by molar-refractivity contribution is 0.610. The lowest BCUT2D eigenvalue weighted by atomic mass is 9.99.